The lowest BCUT2D eigenvalue weighted by molar-refractivity contribution is -0.120. The summed E-state index contributed by atoms with van der Waals surface area (Å²) in [7, 11) is 0. The molecule has 1 aromatic carbocycles. The number of rotatable bonds is 5. The number of carbonyl (C=O) groups is 2. The van der Waals surface area contributed by atoms with Crippen LogP contribution in [-0.2, 0) is 14.3 Å². The average molecular weight is 279 g/mol. The van der Waals surface area contributed by atoms with E-state index in [1.165, 1.54) is 0 Å². The van der Waals surface area contributed by atoms with Gasteiger partial charge in [-0.3, -0.25) is 9.59 Å². The topological polar surface area (TPSA) is 103 Å². The third-order valence-corrected chi connectivity index (χ3v) is 2.64. The lowest BCUT2D eigenvalue weighted by Crippen LogP contribution is -2.26. The van der Waals surface area contributed by atoms with Gasteiger partial charge in [-0.05, 0) is 12.5 Å². The molecule has 0 saturated carbocycles. The number of amides is 2. The van der Waals surface area contributed by atoms with E-state index >= 15 is 0 Å². The molecule has 0 spiro atoms. The van der Waals surface area contributed by atoms with E-state index in [0.717, 1.165) is 6.42 Å². The van der Waals surface area contributed by atoms with E-state index in [1.54, 1.807) is 12.1 Å². The van der Waals surface area contributed by atoms with E-state index in [4.69, 9.17) is 15.2 Å². The Morgan fingerprint density at radius 1 is 1.55 bits per heavy atom. The fraction of sp³-hybridized carbons (Fsp3) is 0.385. The lowest BCUT2D eigenvalue weighted by atomic mass is 10.2. The highest BCUT2D eigenvalue weighted by atomic mass is 16.5. The Kier molecular flexibility index (Phi) is 4.41. The van der Waals surface area contributed by atoms with Gasteiger partial charge in [-0.25, -0.2) is 0 Å². The number of hydrogen-bond acceptors (Lipinski definition) is 5. The predicted octanol–water partition coefficient (Wildman–Crippen LogP) is 0.965. The summed E-state index contributed by atoms with van der Waals surface area (Å²) in [6, 6.07) is 3.14. The van der Waals surface area contributed by atoms with Crippen molar-refractivity contribution in [3.63, 3.8) is 0 Å². The second-order valence-corrected chi connectivity index (χ2v) is 4.37. The van der Waals surface area contributed by atoms with Crippen LogP contribution in [0.2, 0.25) is 0 Å². The molecule has 0 aliphatic carbocycles. The first-order valence-electron chi connectivity index (χ1n) is 6.34. The van der Waals surface area contributed by atoms with Crippen molar-refractivity contribution in [2.24, 2.45) is 0 Å². The Balaban J connectivity index is 2.06. The quantitative estimate of drug-likeness (QED) is 0.550. The van der Waals surface area contributed by atoms with Crippen molar-refractivity contribution in [1.29, 1.82) is 0 Å². The molecule has 0 bridgehead atoms. The third kappa shape index (κ3) is 3.39. The smallest absolute Gasteiger partial charge is 0.262 e. The number of nitrogens with one attached hydrogen (secondary N) is 2. The second-order valence-electron chi connectivity index (χ2n) is 4.37. The molecule has 20 heavy (non-hydrogen) atoms. The molecule has 7 heteroatoms. The Bertz CT molecular complexity index is 531. The maximum absolute atomic E-state index is 11.7. The van der Waals surface area contributed by atoms with Crippen LogP contribution >= 0.6 is 0 Å². The largest absolute Gasteiger partial charge is 0.482 e. The normalized spacial score (nSPS) is 13.2. The van der Waals surface area contributed by atoms with Gasteiger partial charge in [-0.1, -0.05) is 6.92 Å². The molecule has 2 rings (SSSR count). The molecule has 7 nitrogen and oxygen atoms in total. The molecule has 4 N–H and O–H groups in total. The average Bonchev–Trinajstić information content (AvgIpc) is 2.40. The van der Waals surface area contributed by atoms with Crippen LogP contribution in [0.15, 0.2) is 12.1 Å². The first kappa shape index (κ1) is 14.1. The van der Waals surface area contributed by atoms with Crippen LogP contribution in [0, 0.1) is 0 Å². The van der Waals surface area contributed by atoms with E-state index < -0.39 is 0 Å². The van der Waals surface area contributed by atoms with Gasteiger partial charge in [-0.15, -0.1) is 0 Å². The minimum atomic E-state index is -0.298. The van der Waals surface area contributed by atoms with Gasteiger partial charge < -0.3 is 25.8 Å². The number of ether oxygens (including phenoxy) is 2. The van der Waals surface area contributed by atoms with E-state index in [2.05, 4.69) is 10.6 Å². The van der Waals surface area contributed by atoms with Crippen molar-refractivity contribution in [2.45, 2.75) is 13.3 Å². The minimum Gasteiger partial charge on any atom is -0.482 e. The summed E-state index contributed by atoms with van der Waals surface area (Å²) in [5, 5.41) is 5.29. The monoisotopic (exact) mass is 279 g/mol. The summed E-state index contributed by atoms with van der Waals surface area (Å²) in [6.45, 7) is 2.41. The van der Waals surface area contributed by atoms with E-state index in [-0.39, 0.29) is 25.0 Å². The number of anilines is 3. The number of nitrogens with two attached hydrogens (primary N) is 1. The van der Waals surface area contributed by atoms with Crippen molar-refractivity contribution in [3.8, 4) is 5.75 Å². The Morgan fingerprint density at radius 2 is 2.35 bits per heavy atom. The first-order chi connectivity index (χ1) is 9.60. The minimum absolute atomic E-state index is 0.0345. The van der Waals surface area contributed by atoms with Crippen molar-refractivity contribution < 1.29 is 19.1 Å². The molecule has 1 aromatic rings. The summed E-state index contributed by atoms with van der Waals surface area (Å²) in [5.41, 5.74) is 7.10. The number of benzene rings is 1. The Morgan fingerprint density at radius 3 is 3.10 bits per heavy atom. The molecular formula is C13H17N3O4. The van der Waals surface area contributed by atoms with Crippen molar-refractivity contribution >= 4 is 28.9 Å². The highest BCUT2D eigenvalue weighted by molar-refractivity contribution is 6.00. The van der Waals surface area contributed by atoms with E-state index in [0.29, 0.717) is 29.4 Å². The molecule has 2 amide bonds. The zero-order chi connectivity index (χ0) is 14.5. The number of fused-ring (bicyclic) bond motifs is 1. The summed E-state index contributed by atoms with van der Waals surface area (Å²) in [4.78, 5) is 22.9. The van der Waals surface area contributed by atoms with Crippen LogP contribution in [0.1, 0.15) is 13.3 Å². The van der Waals surface area contributed by atoms with Crippen LogP contribution in [0.5, 0.6) is 5.75 Å². The summed E-state index contributed by atoms with van der Waals surface area (Å²) in [5.74, 6) is -0.0543. The molecule has 0 aromatic heterocycles. The molecule has 0 fully saturated rings. The highest BCUT2D eigenvalue weighted by Crippen LogP contribution is 2.35. The Labute approximate surface area is 116 Å². The van der Waals surface area contributed by atoms with Crippen LogP contribution in [-0.4, -0.2) is 31.6 Å². The predicted molar refractivity (Wildman–Crippen MR) is 74.7 cm³/mol. The number of carbonyl (C=O) groups excluding carboxylic acids is 2. The van der Waals surface area contributed by atoms with Gasteiger partial charge in [0.15, 0.2) is 6.61 Å². The molecular weight excluding hydrogens is 262 g/mol. The molecule has 108 valence electrons. The van der Waals surface area contributed by atoms with Crippen LogP contribution in [0.4, 0.5) is 17.1 Å². The van der Waals surface area contributed by atoms with Gasteiger partial charge in [0, 0.05) is 12.7 Å². The van der Waals surface area contributed by atoms with Gasteiger partial charge in [0.25, 0.3) is 5.91 Å². The zero-order valence-corrected chi connectivity index (χ0v) is 11.2. The molecule has 0 saturated heterocycles. The lowest BCUT2D eigenvalue weighted by Gasteiger charge is -2.20. The summed E-state index contributed by atoms with van der Waals surface area (Å²) in [6.07, 6.45) is 0.845. The zero-order valence-electron chi connectivity index (χ0n) is 11.2. The van der Waals surface area contributed by atoms with Crippen molar-refractivity contribution in [3.05, 3.63) is 12.1 Å². The molecule has 0 radical (unpaired) electrons. The Hall–Kier alpha value is -2.28. The molecule has 1 aliphatic rings. The molecule has 0 unspecified atom stereocenters. The van der Waals surface area contributed by atoms with Gasteiger partial charge >= 0.3 is 0 Å². The summed E-state index contributed by atoms with van der Waals surface area (Å²) >= 11 is 0. The van der Waals surface area contributed by atoms with Gasteiger partial charge in [0.05, 0.1) is 17.1 Å². The van der Waals surface area contributed by atoms with Crippen LogP contribution < -0.4 is 21.1 Å². The van der Waals surface area contributed by atoms with Gasteiger partial charge in [0.1, 0.15) is 12.4 Å². The van der Waals surface area contributed by atoms with Gasteiger partial charge in [-0.2, -0.15) is 0 Å². The SMILES string of the molecule is CCCOCC(=O)Nc1cc2c(cc1N)OCC(=O)N2. The fourth-order valence-corrected chi connectivity index (χ4v) is 1.75. The highest BCUT2D eigenvalue weighted by Gasteiger charge is 2.18. The van der Waals surface area contributed by atoms with Gasteiger partial charge in [0.2, 0.25) is 5.91 Å². The van der Waals surface area contributed by atoms with Crippen molar-refractivity contribution in [2.75, 3.05) is 36.2 Å². The molecule has 0 atom stereocenters. The molecule has 1 aliphatic heterocycles. The second kappa shape index (κ2) is 6.25. The maximum atomic E-state index is 11.7. The van der Waals surface area contributed by atoms with Crippen molar-refractivity contribution in [1.82, 2.24) is 0 Å². The maximum Gasteiger partial charge on any atom is 0.262 e. The third-order valence-electron chi connectivity index (χ3n) is 2.64. The summed E-state index contributed by atoms with van der Waals surface area (Å²) < 4.78 is 10.4. The standard InChI is InChI=1S/C13H17N3O4/c1-2-3-19-6-12(17)15-9-5-10-11(4-8(9)14)20-7-13(18)16-10/h4-5H,2-3,6-7,14H2,1H3,(H,15,17)(H,16,18). The first-order valence-corrected chi connectivity index (χ1v) is 6.34. The van der Waals surface area contributed by atoms with E-state index in [9.17, 15) is 9.59 Å². The van der Waals surface area contributed by atoms with Crippen LogP contribution in [0.3, 0.4) is 0 Å². The fourth-order valence-electron chi connectivity index (χ4n) is 1.75. The number of hydrogen-bond donors (Lipinski definition) is 3. The number of nitrogen functional groups attached to an aromatic ring is 1. The molecule has 1 heterocycles. The van der Waals surface area contributed by atoms with E-state index in [1.807, 2.05) is 6.92 Å². The van der Waals surface area contributed by atoms with Crippen LogP contribution in [0.25, 0.3) is 0 Å².